The van der Waals surface area contributed by atoms with E-state index in [0.717, 1.165) is 50.4 Å². The second kappa shape index (κ2) is 14.0. The summed E-state index contributed by atoms with van der Waals surface area (Å²) in [7, 11) is 0. The first kappa shape index (κ1) is 26.0. The minimum atomic E-state index is -0.712. The summed E-state index contributed by atoms with van der Waals surface area (Å²) in [4.78, 5) is 10.6. The summed E-state index contributed by atoms with van der Waals surface area (Å²) in [6, 6.07) is 13.3. The number of rotatable bonds is 15. The lowest BCUT2D eigenvalue weighted by molar-refractivity contribution is -0.137. The Morgan fingerprint density at radius 1 is 0.875 bits per heavy atom. The smallest absolute Gasteiger partial charge is 0.303 e. The van der Waals surface area contributed by atoms with Crippen molar-refractivity contribution in [3.05, 3.63) is 64.2 Å². The molecule has 0 fully saturated rings. The highest BCUT2D eigenvalue weighted by Gasteiger charge is 2.11. The van der Waals surface area contributed by atoms with Crippen LogP contribution in [-0.2, 0) is 17.6 Å². The molecule has 0 amide bonds. The maximum Gasteiger partial charge on any atom is 0.303 e. The van der Waals surface area contributed by atoms with Crippen LogP contribution in [0.4, 0.5) is 0 Å². The molecule has 2 rings (SSSR count). The normalized spacial score (nSPS) is 12.0. The molecule has 0 aromatic heterocycles. The number of carboxylic acids is 1. The summed E-state index contributed by atoms with van der Waals surface area (Å²) < 4.78 is 6.11. The topological polar surface area (TPSA) is 46.5 Å². The molecular weight excluding hydrogens is 396 g/mol. The van der Waals surface area contributed by atoms with Crippen molar-refractivity contribution in [3.8, 4) is 5.75 Å². The fraction of sp³-hybridized carbons (Fsp3) is 0.552. The highest BCUT2D eigenvalue weighted by atomic mass is 16.5. The zero-order valence-electron chi connectivity index (χ0n) is 20.6. The Hall–Kier alpha value is -2.29. The third kappa shape index (κ3) is 9.46. The van der Waals surface area contributed by atoms with Crippen LogP contribution in [0.3, 0.4) is 0 Å². The van der Waals surface area contributed by atoms with Crippen LogP contribution in [0.5, 0.6) is 5.75 Å². The van der Waals surface area contributed by atoms with Crippen molar-refractivity contribution in [1.29, 1.82) is 0 Å². The Kier molecular flexibility index (Phi) is 11.3. The molecule has 1 unspecified atom stereocenters. The maximum atomic E-state index is 10.6. The van der Waals surface area contributed by atoms with Crippen LogP contribution in [0.25, 0.3) is 0 Å². The van der Waals surface area contributed by atoms with E-state index in [-0.39, 0.29) is 6.42 Å². The van der Waals surface area contributed by atoms with Crippen LogP contribution in [0.1, 0.15) is 86.1 Å². The minimum Gasteiger partial charge on any atom is -0.493 e. The second-order valence-electron chi connectivity index (χ2n) is 9.32. The van der Waals surface area contributed by atoms with Gasteiger partial charge in [-0.2, -0.15) is 0 Å². The fourth-order valence-electron chi connectivity index (χ4n) is 4.29. The van der Waals surface area contributed by atoms with Crippen LogP contribution in [-0.4, -0.2) is 17.7 Å². The van der Waals surface area contributed by atoms with Gasteiger partial charge in [0, 0.05) is 6.42 Å². The van der Waals surface area contributed by atoms with E-state index in [4.69, 9.17) is 9.84 Å². The van der Waals surface area contributed by atoms with Gasteiger partial charge in [0.05, 0.1) is 6.61 Å². The fourth-order valence-corrected chi connectivity index (χ4v) is 4.29. The average molecular weight is 439 g/mol. The molecular formula is C29H42O3. The van der Waals surface area contributed by atoms with E-state index in [1.165, 1.54) is 53.5 Å². The summed E-state index contributed by atoms with van der Waals surface area (Å²) in [5, 5.41) is 8.75. The number of carboxylic acid groups (broad SMARTS) is 1. The predicted molar refractivity (Wildman–Crippen MR) is 134 cm³/mol. The number of aryl methyl sites for hydroxylation is 4. The summed E-state index contributed by atoms with van der Waals surface area (Å²) in [6.45, 7) is 9.51. The van der Waals surface area contributed by atoms with Crippen LogP contribution < -0.4 is 4.74 Å². The monoisotopic (exact) mass is 438 g/mol. The number of ether oxygens (including phenoxy) is 1. The molecule has 32 heavy (non-hydrogen) atoms. The Bertz CT molecular complexity index is 840. The average Bonchev–Trinajstić information content (AvgIpc) is 2.76. The molecule has 3 nitrogen and oxygen atoms in total. The number of unbranched alkanes of at least 4 members (excludes halogenated alkanes) is 2. The molecule has 3 heteroatoms. The van der Waals surface area contributed by atoms with Gasteiger partial charge < -0.3 is 9.84 Å². The van der Waals surface area contributed by atoms with E-state index in [2.05, 4.69) is 64.1 Å². The predicted octanol–water partition coefficient (Wildman–Crippen LogP) is 7.62. The quantitative estimate of drug-likeness (QED) is 0.291. The number of aliphatic carboxylic acids is 1. The molecule has 1 N–H and O–H groups in total. The molecule has 176 valence electrons. The van der Waals surface area contributed by atoms with E-state index in [9.17, 15) is 4.79 Å². The van der Waals surface area contributed by atoms with Crippen molar-refractivity contribution >= 4 is 5.97 Å². The van der Waals surface area contributed by atoms with Crippen molar-refractivity contribution in [1.82, 2.24) is 0 Å². The van der Waals surface area contributed by atoms with E-state index < -0.39 is 5.97 Å². The molecule has 0 aliphatic rings. The van der Waals surface area contributed by atoms with Gasteiger partial charge in [0.15, 0.2) is 0 Å². The molecule has 2 aromatic rings. The van der Waals surface area contributed by atoms with Crippen LogP contribution in [0.2, 0.25) is 0 Å². The van der Waals surface area contributed by atoms with E-state index in [1.807, 2.05) is 0 Å². The van der Waals surface area contributed by atoms with Crippen LogP contribution >= 0.6 is 0 Å². The van der Waals surface area contributed by atoms with Gasteiger partial charge in [0.25, 0.3) is 0 Å². The second-order valence-corrected chi connectivity index (χ2v) is 9.32. The van der Waals surface area contributed by atoms with Crippen molar-refractivity contribution in [2.45, 2.75) is 91.9 Å². The summed E-state index contributed by atoms with van der Waals surface area (Å²) in [5.74, 6) is 0.976. The lowest BCUT2D eigenvalue weighted by Crippen LogP contribution is -2.08. The van der Waals surface area contributed by atoms with Gasteiger partial charge >= 0.3 is 5.97 Å². The highest BCUT2D eigenvalue weighted by molar-refractivity contribution is 5.66. The SMILES string of the molecule is CCCCC(CCCOc1ccc(CCCCC(=O)O)cc1C)Cc1ccc(C)c(C)c1. The molecule has 0 heterocycles. The maximum absolute atomic E-state index is 10.6. The first-order valence-electron chi connectivity index (χ1n) is 12.4. The number of hydrogen-bond donors (Lipinski definition) is 1. The lowest BCUT2D eigenvalue weighted by Gasteiger charge is -2.18. The molecule has 1 atom stereocenters. The van der Waals surface area contributed by atoms with E-state index in [0.29, 0.717) is 0 Å². The molecule has 2 aromatic carbocycles. The largest absolute Gasteiger partial charge is 0.493 e. The Balaban J connectivity index is 1.79. The molecule has 0 saturated carbocycles. The first-order chi connectivity index (χ1) is 15.4. The number of carbonyl (C=O) groups is 1. The summed E-state index contributed by atoms with van der Waals surface area (Å²) >= 11 is 0. The van der Waals surface area contributed by atoms with Crippen LogP contribution in [0.15, 0.2) is 36.4 Å². The van der Waals surface area contributed by atoms with Gasteiger partial charge in [0.1, 0.15) is 5.75 Å². The lowest BCUT2D eigenvalue weighted by atomic mass is 9.89. The number of benzene rings is 2. The van der Waals surface area contributed by atoms with Gasteiger partial charge in [-0.05, 0) is 99.1 Å². The Morgan fingerprint density at radius 3 is 2.28 bits per heavy atom. The zero-order chi connectivity index (χ0) is 23.3. The summed E-state index contributed by atoms with van der Waals surface area (Å²) in [6.07, 6.45) is 10.1. The molecule has 0 aliphatic carbocycles. The van der Waals surface area contributed by atoms with Crippen LogP contribution in [0, 0.1) is 26.7 Å². The molecule has 0 saturated heterocycles. The van der Waals surface area contributed by atoms with Crippen molar-refractivity contribution in [3.63, 3.8) is 0 Å². The van der Waals surface area contributed by atoms with E-state index in [1.54, 1.807) is 0 Å². The van der Waals surface area contributed by atoms with Gasteiger partial charge in [-0.3, -0.25) is 4.79 Å². The van der Waals surface area contributed by atoms with Gasteiger partial charge in [-0.1, -0.05) is 56.5 Å². The van der Waals surface area contributed by atoms with Gasteiger partial charge in [-0.15, -0.1) is 0 Å². The van der Waals surface area contributed by atoms with E-state index >= 15 is 0 Å². The van der Waals surface area contributed by atoms with Crippen molar-refractivity contribution < 1.29 is 14.6 Å². The first-order valence-corrected chi connectivity index (χ1v) is 12.4. The van der Waals surface area contributed by atoms with Crippen molar-refractivity contribution in [2.75, 3.05) is 6.61 Å². The standard InChI is InChI=1S/C29H42O3/c1-5-6-10-25(21-27-15-14-22(2)23(3)19-27)12-9-18-32-28-17-16-26(20-24(28)4)11-7-8-13-29(30)31/h14-17,19-20,25H,5-13,18,21H2,1-4H3,(H,30,31). The zero-order valence-corrected chi connectivity index (χ0v) is 20.6. The van der Waals surface area contributed by atoms with Gasteiger partial charge in [-0.25, -0.2) is 0 Å². The summed E-state index contributed by atoms with van der Waals surface area (Å²) in [5.41, 5.74) is 6.64. The third-order valence-electron chi connectivity index (χ3n) is 6.42. The number of hydrogen-bond acceptors (Lipinski definition) is 2. The minimum absolute atomic E-state index is 0.253. The third-order valence-corrected chi connectivity index (χ3v) is 6.42. The Labute approximate surface area is 195 Å². The molecule has 0 radical (unpaired) electrons. The Morgan fingerprint density at radius 2 is 1.59 bits per heavy atom. The van der Waals surface area contributed by atoms with Crippen molar-refractivity contribution in [2.24, 2.45) is 5.92 Å². The molecule has 0 aliphatic heterocycles. The molecule has 0 spiro atoms. The highest BCUT2D eigenvalue weighted by Crippen LogP contribution is 2.24. The molecule has 0 bridgehead atoms. The van der Waals surface area contributed by atoms with Gasteiger partial charge in [0.2, 0.25) is 0 Å².